The van der Waals surface area contributed by atoms with Gasteiger partial charge in [-0.25, -0.2) is 0 Å². The summed E-state index contributed by atoms with van der Waals surface area (Å²) in [6.07, 6.45) is 0. The predicted octanol–water partition coefficient (Wildman–Crippen LogP) is 5.55. The SMILES string of the molecule is O=C(CSCc1cccs1)Nc1ccccc1NC(=O)CSCc1cccs1. The molecule has 0 aliphatic heterocycles. The molecule has 2 N–H and O–H groups in total. The van der Waals surface area contributed by atoms with Crippen molar-refractivity contribution in [3.8, 4) is 0 Å². The Morgan fingerprint density at radius 3 is 1.57 bits per heavy atom. The maximum Gasteiger partial charge on any atom is 0.234 e. The van der Waals surface area contributed by atoms with Crippen LogP contribution in [0.5, 0.6) is 0 Å². The zero-order valence-corrected chi connectivity index (χ0v) is 18.3. The Balaban J connectivity index is 1.45. The van der Waals surface area contributed by atoms with E-state index in [2.05, 4.69) is 22.8 Å². The van der Waals surface area contributed by atoms with Crippen LogP contribution in [0.3, 0.4) is 0 Å². The van der Waals surface area contributed by atoms with Crippen LogP contribution in [0.2, 0.25) is 0 Å². The first kappa shape index (κ1) is 21.0. The van der Waals surface area contributed by atoms with Crippen LogP contribution < -0.4 is 10.6 Å². The highest BCUT2D eigenvalue weighted by molar-refractivity contribution is 7.99. The number of thioether (sulfide) groups is 2. The molecule has 4 nitrogen and oxygen atoms in total. The van der Waals surface area contributed by atoms with Crippen molar-refractivity contribution in [3.05, 3.63) is 69.0 Å². The number of thiophene rings is 2. The van der Waals surface area contributed by atoms with E-state index in [4.69, 9.17) is 0 Å². The largest absolute Gasteiger partial charge is 0.324 e. The molecule has 146 valence electrons. The third kappa shape index (κ3) is 7.01. The molecule has 2 amide bonds. The molecule has 0 saturated heterocycles. The Hall–Kier alpha value is -1.74. The van der Waals surface area contributed by atoms with Crippen LogP contribution in [0, 0.1) is 0 Å². The van der Waals surface area contributed by atoms with E-state index in [-0.39, 0.29) is 11.8 Å². The molecule has 0 fully saturated rings. The number of carbonyl (C=O) groups excluding carboxylic acids is 2. The van der Waals surface area contributed by atoms with Gasteiger partial charge in [-0.15, -0.1) is 46.2 Å². The summed E-state index contributed by atoms with van der Waals surface area (Å²) in [7, 11) is 0. The van der Waals surface area contributed by atoms with Gasteiger partial charge in [0.25, 0.3) is 0 Å². The molecule has 8 heteroatoms. The van der Waals surface area contributed by atoms with Crippen LogP contribution in [0.1, 0.15) is 9.75 Å². The first-order chi connectivity index (χ1) is 13.7. The summed E-state index contributed by atoms with van der Waals surface area (Å²) in [5.41, 5.74) is 1.25. The van der Waals surface area contributed by atoms with Crippen molar-refractivity contribution in [3.63, 3.8) is 0 Å². The van der Waals surface area contributed by atoms with Crippen molar-refractivity contribution < 1.29 is 9.59 Å². The molecule has 0 saturated carbocycles. The van der Waals surface area contributed by atoms with Crippen LogP contribution in [-0.2, 0) is 21.1 Å². The minimum absolute atomic E-state index is 0.0738. The number of nitrogens with one attached hydrogen (secondary N) is 2. The third-order valence-corrected chi connectivity index (χ3v) is 7.67. The van der Waals surface area contributed by atoms with E-state index >= 15 is 0 Å². The van der Waals surface area contributed by atoms with Crippen molar-refractivity contribution in [2.24, 2.45) is 0 Å². The van der Waals surface area contributed by atoms with Crippen molar-refractivity contribution in [2.75, 3.05) is 22.1 Å². The summed E-state index contributed by atoms with van der Waals surface area (Å²) in [5.74, 6) is 2.24. The number of para-hydroxylation sites is 2. The maximum absolute atomic E-state index is 12.2. The summed E-state index contributed by atoms with van der Waals surface area (Å²) >= 11 is 6.54. The third-order valence-electron chi connectivity index (χ3n) is 3.59. The van der Waals surface area contributed by atoms with Gasteiger partial charge in [0.15, 0.2) is 0 Å². The fraction of sp³-hybridized carbons (Fsp3) is 0.200. The highest BCUT2D eigenvalue weighted by atomic mass is 32.2. The minimum Gasteiger partial charge on any atom is -0.324 e. The van der Waals surface area contributed by atoms with Gasteiger partial charge < -0.3 is 10.6 Å². The normalized spacial score (nSPS) is 10.6. The molecule has 0 bridgehead atoms. The number of hydrogen-bond donors (Lipinski definition) is 2. The second kappa shape index (κ2) is 11.3. The summed E-state index contributed by atoms with van der Waals surface area (Å²) in [6.45, 7) is 0. The Kier molecular flexibility index (Phi) is 8.47. The van der Waals surface area contributed by atoms with Crippen molar-refractivity contribution in [1.29, 1.82) is 0 Å². The van der Waals surface area contributed by atoms with E-state index < -0.39 is 0 Å². The molecule has 3 aromatic rings. The zero-order chi connectivity index (χ0) is 19.6. The molecule has 1 aromatic carbocycles. The van der Waals surface area contributed by atoms with Crippen molar-refractivity contribution in [2.45, 2.75) is 11.5 Å². The fourth-order valence-electron chi connectivity index (χ4n) is 2.35. The molecule has 2 aromatic heterocycles. The molecule has 0 atom stereocenters. The number of anilines is 2. The quantitative estimate of drug-likeness (QED) is 0.427. The summed E-state index contributed by atoms with van der Waals surface area (Å²) in [4.78, 5) is 27.0. The number of carbonyl (C=O) groups is 2. The monoisotopic (exact) mass is 448 g/mol. The van der Waals surface area contributed by atoms with Crippen LogP contribution in [0.4, 0.5) is 11.4 Å². The molecule has 0 aliphatic carbocycles. The Labute approximate surface area is 181 Å². The lowest BCUT2D eigenvalue weighted by atomic mass is 10.2. The van der Waals surface area contributed by atoms with Crippen molar-refractivity contribution in [1.82, 2.24) is 0 Å². The number of amides is 2. The first-order valence-electron chi connectivity index (χ1n) is 8.59. The lowest BCUT2D eigenvalue weighted by Gasteiger charge is -2.12. The number of rotatable bonds is 10. The average molecular weight is 449 g/mol. The molecule has 2 heterocycles. The van der Waals surface area contributed by atoms with Gasteiger partial charge >= 0.3 is 0 Å². The van der Waals surface area contributed by atoms with Gasteiger partial charge in [0.05, 0.1) is 22.9 Å². The van der Waals surface area contributed by atoms with E-state index in [1.807, 2.05) is 35.0 Å². The molecule has 0 aliphatic rings. The standard InChI is InChI=1S/C20H20N2O2S4/c23-19(13-25-11-15-5-3-9-27-15)21-17-7-1-2-8-18(17)22-20(24)14-26-12-16-6-4-10-28-16/h1-10H,11-14H2,(H,21,23)(H,22,24). The number of benzene rings is 1. The average Bonchev–Trinajstić information content (AvgIpc) is 3.37. The second-order valence-corrected chi connectivity index (χ2v) is 9.82. The summed E-state index contributed by atoms with van der Waals surface area (Å²) in [6, 6.07) is 15.4. The Bertz CT molecular complexity index is 806. The lowest BCUT2D eigenvalue weighted by Crippen LogP contribution is -2.19. The van der Waals surface area contributed by atoms with E-state index in [0.29, 0.717) is 22.9 Å². The van der Waals surface area contributed by atoms with Gasteiger partial charge in [0, 0.05) is 21.3 Å². The highest BCUT2D eigenvalue weighted by Crippen LogP contribution is 2.23. The molecule has 0 radical (unpaired) electrons. The van der Waals surface area contributed by atoms with E-state index in [9.17, 15) is 9.59 Å². The molecule has 0 unspecified atom stereocenters. The minimum atomic E-state index is -0.0738. The molecular weight excluding hydrogens is 429 g/mol. The van der Waals surface area contributed by atoms with Crippen LogP contribution >= 0.6 is 46.2 Å². The van der Waals surface area contributed by atoms with E-state index in [1.54, 1.807) is 58.3 Å². The molecule has 3 rings (SSSR count). The van der Waals surface area contributed by atoms with E-state index in [0.717, 1.165) is 11.5 Å². The van der Waals surface area contributed by atoms with Crippen LogP contribution in [0.15, 0.2) is 59.3 Å². The first-order valence-corrected chi connectivity index (χ1v) is 12.7. The van der Waals surface area contributed by atoms with Crippen LogP contribution in [0.25, 0.3) is 0 Å². The van der Waals surface area contributed by atoms with Crippen LogP contribution in [-0.4, -0.2) is 23.3 Å². The van der Waals surface area contributed by atoms with Crippen molar-refractivity contribution >= 4 is 69.4 Å². The van der Waals surface area contributed by atoms with Gasteiger partial charge in [-0.1, -0.05) is 24.3 Å². The summed E-state index contributed by atoms with van der Waals surface area (Å²) < 4.78 is 0. The van der Waals surface area contributed by atoms with E-state index in [1.165, 1.54) is 9.75 Å². The summed E-state index contributed by atoms with van der Waals surface area (Å²) in [5, 5.41) is 9.87. The Morgan fingerprint density at radius 1 is 0.714 bits per heavy atom. The topological polar surface area (TPSA) is 58.2 Å². The Morgan fingerprint density at radius 2 is 1.18 bits per heavy atom. The van der Waals surface area contributed by atoms with Gasteiger partial charge in [0.1, 0.15) is 0 Å². The number of hydrogen-bond acceptors (Lipinski definition) is 6. The highest BCUT2D eigenvalue weighted by Gasteiger charge is 2.10. The second-order valence-electron chi connectivity index (χ2n) is 5.79. The fourth-order valence-corrected chi connectivity index (χ4v) is 5.69. The smallest absolute Gasteiger partial charge is 0.234 e. The predicted molar refractivity (Wildman–Crippen MR) is 125 cm³/mol. The van der Waals surface area contributed by atoms with Gasteiger partial charge in [0.2, 0.25) is 11.8 Å². The maximum atomic E-state index is 12.2. The van der Waals surface area contributed by atoms with Gasteiger partial charge in [-0.2, -0.15) is 0 Å². The molecular formula is C20H20N2O2S4. The zero-order valence-electron chi connectivity index (χ0n) is 15.1. The van der Waals surface area contributed by atoms with Gasteiger partial charge in [-0.3, -0.25) is 9.59 Å². The van der Waals surface area contributed by atoms with Gasteiger partial charge in [-0.05, 0) is 35.0 Å². The molecule has 0 spiro atoms. The molecule has 28 heavy (non-hydrogen) atoms. The lowest BCUT2D eigenvalue weighted by molar-refractivity contribution is -0.114.